The van der Waals surface area contributed by atoms with Crippen LogP contribution in [0.2, 0.25) is 0 Å². The molecule has 0 N–H and O–H groups in total. The zero-order valence-corrected chi connectivity index (χ0v) is 12.1. The minimum absolute atomic E-state index is 0.455. The Morgan fingerprint density at radius 3 is 2.00 bits per heavy atom. The van der Waals surface area contributed by atoms with Crippen molar-refractivity contribution >= 4 is 0 Å². The lowest BCUT2D eigenvalue weighted by atomic mass is 9.80. The summed E-state index contributed by atoms with van der Waals surface area (Å²) in [5.74, 6) is 1.68. The SMILES string of the molecule is CC(C)(C)C1CCOC1.CCCC1CCOC1. The Labute approximate surface area is 107 Å². The molecule has 2 fully saturated rings. The monoisotopic (exact) mass is 242 g/mol. The van der Waals surface area contributed by atoms with Gasteiger partial charge in [0.25, 0.3) is 0 Å². The van der Waals surface area contributed by atoms with Crippen LogP contribution < -0.4 is 0 Å². The summed E-state index contributed by atoms with van der Waals surface area (Å²) in [6, 6.07) is 0. The highest BCUT2D eigenvalue weighted by Crippen LogP contribution is 2.31. The molecule has 0 radical (unpaired) electrons. The minimum Gasteiger partial charge on any atom is -0.381 e. The highest BCUT2D eigenvalue weighted by atomic mass is 16.5. The first-order valence-corrected chi connectivity index (χ1v) is 7.19. The van der Waals surface area contributed by atoms with Gasteiger partial charge in [0.1, 0.15) is 0 Å². The van der Waals surface area contributed by atoms with Crippen molar-refractivity contribution in [3.05, 3.63) is 0 Å². The maximum Gasteiger partial charge on any atom is 0.0500 e. The fraction of sp³-hybridized carbons (Fsp3) is 1.00. The summed E-state index contributed by atoms with van der Waals surface area (Å²) in [4.78, 5) is 0. The molecular weight excluding hydrogens is 212 g/mol. The van der Waals surface area contributed by atoms with Crippen molar-refractivity contribution in [3.8, 4) is 0 Å². The van der Waals surface area contributed by atoms with Crippen LogP contribution in [0.15, 0.2) is 0 Å². The van der Waals surface area contributed by atoms with Crippen molar-refractivity contribution in [2.75, 3.05) is 26.4 Å². The molecule has 2 rings (SSSR count). The first kappa shape index (κ1) is 15.0. The van der Waals surface area contributed by atoms with Gasteiger partial charge < -0.3 is 9.47 Å². The van der Waals surface area contributed by atoms with Gasteiger partial charge in [0, 0.05) is 26.4 Å². The van der Waals surface area contributed by atoms with E-state index in [-0.39, 0.29) is 0 Å². The lowest BCUT2D eigenvalue weighted by Gasteiger charge is -2.24. The molecule has 2 saturated heterocycles. The molecule has 0 saturated carbocycles. The second-order valence-electron chi connectivity index (χ2n) is 6.44. The van der Waals surface area contributed by atoms with Crippen molar-refractivity contribution in [1.29, 1.82) is 0 Å². The maximum absolute atomic E-state index is 5.28. The third-order valence-electron chi connectivity index (χ3n) is 3.88. The van der Waals surface area contributed by atoms with E-state index in [0.717, 1.165) is 38.3 Å². The molecule has 2 heterocycles. The van der Waals surface area contributed by atoms with Crippen LogP contribution in [0.3, 0.4) is 0 Å². The summed E-state index contributed by atoms with van der Waals surface area (Å²) in [7, 11) is 0. The van der Waals surface area contributed by atoms with E-state index in [1.807, 2.05) is 0 Å². The fourth-order valence-corrected chi connectivity index (χ4v) is 2.44. The van der Waals surface area contributed by atoms with Crippen molar-refractivity contribution in [2.45, 2.75) is 53.4 Å². The Hall–Kier alpha value is -0.0800. The predicted octanol–water partition coefficient (Wildman–Crippen LogP) is 3.89. The molecule has 2 atom stereocenters. The number of rotatable bonds is 2. The standard InChI is InChI=1S/C8H16O.C7H14O/c1-8(2,3)7-4-5-9-6-7;1-2-3-7-4-5-8-6-7/h7H,4-6H2,1-3H3;7H,2-6H2,1H3. The lowest BCUT2D eigenvalue weighted by Crippen LogP contribution is -2.19. The van der Waals surface area contributed by atoms with Gasteiger partial charge in [0.15, 0.2) is 0 Å². The minimum atomic E-state index is 0.455. The molecule has 0 bridgehead atoms. The average molecular weight is 242 g/mol. The molecule has 0 aliphatic carbocycles. The average Bonchev–Trinajstić information content (AvgIpc) is 2.90. The van der Waals surface area contributed by atoms with Crippen molar-refractivity contribution in [3.63, 3.8) is 0 Å². The van der Waals surface area contributed by atoms with Crippen molar-refractivity contribution in [2.24, 2.45) is 17.3 Å². The fourth-order valence-electron chi connectivity index (χ4n) is 2.44. The maximum atomic E-state index is 5.28. The molecule has 102 valence electrons. The van der Waals surface area contributed by atoms with Gasteiger partial charge >= 0.3 is 0 Å². The van der Waals surface area contributed by atoms with Crippen LogP contribution in [0.5, 0.6) is 0 Å². The summed E-state index contributed by atoms with van der Waals surface area (Å²) in [6.45, 7) is 13.1. The van der Waals surface area contributed by atoms with Crippen molar-refractivity contribution < 1.29 is 9.47 Å². The summed E-state index contributed by atoms with van der Waals surface area (Å²) >= 11 is 0. The zero-order valence-electron chi connectivity index (χ0n) is 12.1. The first-order valence-electron chi connectivity index (χ1n) is 7.19. The molecule has 2 heteroatoms. The molecule has 0 spiro atoms. The Morgan fingerprint density at radius 2 is 1.65 bits per heavy atom. The number of hydrogen-bond donors (Lipinski definition) is 0. The summed E-state index contributed by atoms with van der Waals surface area (Å²) in [6.07, 6.45) is 5.23. The Kier molecular flexibility index (Phi) is 6.50. The van der Waals surface area contributed by atoms with Gasteiger partial charge in [-0.1, -0.05) is 34.1 Å². The van der Waals surface area contributed by atoms with E-state index < -0.39 is 0 Å². The Morgan fingerprint density at radius 1 is 1.00 bits per heavy atom. The van der Waals surface area contributed by atoms with Crippen LogP contribution >= 0.6 is 0 Å². The second kappa shape index (κ2) is 7.38. The summed E-state index contributed by atoms with van der Waals surface area (Å²) in [5.41, 5.74) is 0.455. The molecule has 17 heavy (non-hydrogen) atoms. The van der Waals surface area contributed by atoms with Gasteiger partial charge in [-0.2, -0.15) is 0 Å². The molecule has 2 unspecified atom stereocenters. The molecule has 2 aliphatic rings. The smallest absolute Gasteiger partial charge is 0.0500 e. The van der Waals surface area contributed by atoms with Gasteiger partial charge in [-0.15, -0.1) is 0 Å². The number of hydrogen-bond acceptors (Lipinski definition) is 2. The lowest BCUT2D eigenvalue weighted by molar-refractivity contribution is 0.152. The van der Waals surface area contributed by atoms with E-state index in [4.69, 9.17) is 9.47 Å². The molecule has 0 amide bonds. The third-order valence-corrected chi connectivity index (χ3v) is 3.88. The highest BCUT2D eigenvalue weighted by molar-refractivity contribution is 4.76. The van der Waals surface area contributed by atoms with Crippen LogP contribution in [0.4, 0.5) is 0 Å². The van der Waals surface area contributed by atoms with Crippen molar-refractivity contribution in [1.82, 2.24) is 0 Å². The van der Waals surface area contributed by atoms with Gasteiger partial charge in [-0.3, -0.25) is 0 Å². The molecule has 2 aliphatic heterocycles. The molecule has 0 aromatic carbocycles. The zero-order chi connectivity index (χ0) is 12.7. The quantitative estimate of drug-likeness (QED) is 0.731. The van der Waals surface area contributed by atoms with Gasteiger partial charge in [0.2, 0.25) is 0 Å². The van der Waals surface area contributed by atoms with Crippen LogP contribution in [0.1, 0.15) is 53.4 Å². The van der Waals surface area contributed by atoms with E-state index in [0.29, 0.717) is 5.41 Å². The first-order chi connectivity index (χ1) is 8.04. The number of ether oxygens (including phenoxy) is 2. The van der Waals surface area contributed by atoms with Crippen LogP contribution in [-0.2, 0) is 9.47 Å². The van der Waals surface area contributed by atoms with Crippen LogP contribution in [0, 0.1) is 17.3 Å². The molecule has 0 aromatic heterocycles. The van der Waals surface area contributed by atoms with E-state index in [2.05, 4.69) is 27.7 Å². The highest BCUT2D eigenvalue weighted by Gasteiger charge is 2.27. The third kappa shape index (κ3) is 5.87. The molecule has 0 aromatic rings. The molecule has 2 nitrogen and oxygen atoms in total. The Balaban J connectivity index is 0.000000171. The predicted molar refractivity (Wildman–Crippen MR) is 72.2 cm³/mol. The second-order valence-corrected chi connectivity index (χ2v) is 6.44. The van der Waals surface area contributed by atoms with Gasteiger partial charge in [-0.05, 0) is 36.5 Å². The molecular formula is C15H30O2. The summed E-state index contributed by atoms with van der Waals surface area (Å²) in [5, 5.41) is 0. The van der Waals surface area contributed by atoms with Gasteiger partial charge in [0.05, 0.1) is 0 Å². The largest absolute Gasteiger partial charge is 0.381 e. The van der Waals surface area contributed by atoms with Gasteiger partial charge in [-0.25, -0.2) is 0 Å². The van der Waals surface area contributed by atoms with Crippen LogP contribution in [0.25, 0.3) is 0 Å². The normalized spacial score (nSPS) is 28.9. The van der Waals surface area contributed by atoms with E-state index in [1.54, 1.807) is 0 Å². The topological polar surface area (TPSA) is 18.5 Å². The van der Waals surface area contributed by atoms with E-state index in [9.17, 15) is 0 Å². The van der Waals surface area contributed by atoms with E-state index in [1.165, 1.54) is 25.7 Å². The Bertz CT molecular complexity index is 184. The summed E-state index contributed by atoms with van der Waals surface area (Å²) < 4.78 is 10.5. The van der Waals surface area contributed by atoms with E-state index >= 15 is 0 Å². The van der Waals surface area contributed by atoms with Crippen LogP contribution in [-0.4, -0.2) is 26.4 Å².